The molecule has 2 rings (SSSR count). The number of benzene rings is 1. The number of nitrogens with one attached hydrogen (secondary N) is 1. The summed E-state index contributed by atoms with van der Waals surface area (Å²) in [6.45, 7) is 2.19. The molecule has 116 valence electrons. The Morgan fingerprint density at radius 2 is 1.45 bits per heavy atom. The standard InChI is InChI=1S/C19H26N3/c1-20(2)15-16-22-13-11-18(12-14-22)6-5-17-7-9-19(10-8-17)21(3)4/h5-14H,15-16H2,1-4H3/q+1/p+1. The van der Waals surface area contributed by atoms with Crippen LogP contribution in [0.3, 0.4) is 0 Å². The second kappa shape index (κ2) is 7.76. The molecule has 1 aromatic carbocycles. The van der Waals surface area contributed by atoms with Crippen LogP contribution < -0.4 is 14.4 Å². The van der Waals surface area contributed by atoms with Crippen molar-refractivity contribution < 1.29 is 9.47 Å². The van der Waals surface area contributed by atoms with Crippen LogP contribution in [0, 0.1) is 0 Å². The van der Waals surface area contributed by atoms with Crippen molar-refractivity contribution in [3.05, 3.63) is 59.9 Å². The minimum atomic E-state index is 1.05. The van der Waals surface area contributed by atoms with Crippen molar-refractivity contribution in [2.45, 2.75) is 6.54 Å². The van der Waals surface area contributed by atoms with Gasteiger partial charge in [-0.1, -0.05) is 24.3 Å². The predicted octanol–water partition coefficient (Wildman–Crippen LogP) is 1.36. The molecule has 0 fully saturated rings. The van der Waals surface area contributed by atoms with Gasteiger partial charge in [0.25, 0.3) is 0 Å². The molecule has 0 spiro atoms. The lowest BCUT2D eigenvalue weighted by Crippen LogP contribution is -3.06. The Morgan fingerprint density at radius 1 is 0.909 bits per heavy atom. The molecule has 22 heavy (non-hydrogen) atoms. The van der Waals surface area contributed by atoms with E-state index in [0.717, 1.165) is 13.1 Å². The van der Waals surface area contributed by atoms with Crippen LogP contribution in [0.1, 0.15) is 11.1 Å². The number of nitrogens with zero attached hydrogens (tertiary/aromatic N) is 2. The van der Waals surface area contributed by atoms with Crippen LogP contribution in [0.2, 0.25) is 0 Å². The van der Waals surface area contributed by atoms with Crippen molar-refractivity contribution in [2.24, 2.45) is 0 Å². The van der Waals surface area contributed by atoms with E-state index in [-0.39, 0.29) is 0 Å². The molecule has 1 heterocycles. The summed E-state index contributed by atoms with van der Waals surface area (Å²) in [5.41, 5.74) is 3.67. The number of hydrogen-bond acceptors (Lipinski definition) is 1. The van der Waals surface area contributed by atoms with Gasteiger partial charge in [-0.2, -0.15) is 4.57 Å². The summed E-state index contributed by atoms with van der Waals surface area (Å²) < 4.78 is 2.23. The Labute approximate surface area is 134 Å². The number of likely N-dealkylation sites (N-methyl/N-ethyl adjacent to an activating group) is 1. The minimum Gasteiger partial charge on any atom is -0.378 e. The summed E-state index contributed by atoms with van der Waals surface area (Å²) in [5, 5.41) is 0. The fourth-order valence-electron chi connectivity index (χ4n) is 2.16. The van der Waals surface area contributed by atoms with E-state index in [1.165, 1.54) is 21.7 Å². The second-order valence-electron chi connectivity index (χ2n) is 6.15. The molecule has 0 aliphatic carbocycles. The Morgan fingerprint density at radius 3 is 1.95 bits per heavy atom. The lowest BCUT2D eigenvalue weighted by molar-refractivity contribution is -0.883. The van der Waals surface area contributed by atoms with E-state index in [2.05, 4.69) is 98.6 Å². The van der Waals surface area contributed by atoms with Gasteiger partial charge in [-0.3, -0.25) is 0 Å². The average Bonchev–Trinajstić information content (AvgIpc) is 2.52. The first-order valence-corrected chi connectivity index (χ1v) is 7.78. The number of hydrogen-bond donors (Lipinski definition) is 1. The maximum Gasteiger partial charge on any atom is 0.196 e. The number of anilines is 1. The van der Waals surface area contributed by atoms with Crippen LogP contribution >= 0.6 is 0 Å². The van der Waals surface area contributed by atoms with Gasteiger partial charge in [-0.05, 0) is 23.3 Å². The average molecular weight is 297 g/mol. The quantitative estimate of drug-likeness (QED) is 0.794. The molecule has 3 nitrogen and oxygen atoms in total. The Balaban J connectivity index is 1.97. The zero-order chi connectivity index (χ0) is 15.9. The first kappa shape index (κ1) is 16.2. The molecule has 1 N–H and O–H groups in total. The summed E-state index contributed by atoms with van der Waals surface area (Å²) in [6.07, 6.45) is 8.62. The van der Waals surface area contributed by atoms with Crippen molar-refractivity contribution in [1.29, 1.82) is 0 Å². The van der Waals surface area contributed by atoms with E-state index in [1.54, 1.807) is 0 Å². The van der Waals surface area contributed by atoms with Crippen molar-refractivity contribution in [3.8, 4) is 0 Å². The third kappa shape index (κ3) is 5.01. The molecule has 0 aliphatic heterocycles. The summed E-state index contributed by atoms with van der Waals surface area (Å²) in [4.78, 5) is 3.58. The molecular weight excluding hydrogens is 270 g/mol. The van der Waals surface area contributed by atoms with E-state index in [0.29, 0.717) is 0 Å². The summed E-state index contributed by atoms with van der Waals surface area (Å²) in [7, 11) is 8.47. The Kier molecular flexibility index (Phi) is 5.73. The highest BCUT2D eigenvalue weighted by Crippen LogP contribution is 2.14. The van der Waals surface area contributed by atoms with Crippen molar-refractivity contribution >= 4 is 17.8 Å². The topological polar surface area (TPSA) is 11.6 Å². The Bertz CT molecular complexity index is 596. The van der Waals surface area contributed by atoms with Gasteiger partial charge in [0.15, 0.2) is 18.9 Å². The lowest BCUT2D eigenvalue weighted by atomic mass is 10.1. The zero-order valence-electron chi connectivity index (χ0n) is 14.1. The van der Waals surface area contributed by atoms with E-state index in [4.69, 9.17) is 0 Å². The molecular formula is C19H27N3+2. The second-order valence-corrected chi connectivity index (χ2v) is 6.15. The molecule has 1 aromatic heterocycles. The van der Waals surface area contributed by atoms with E-state index in [1.807, 2.05) is 0 Å². The number of pyridine rings is 1. The molecule has 2 aromatic rings. The molecule has 0 atom stereocenters. The molecule has 0 amide bonds. The molecule has 0 radical (unpaired) electrons. The summed E-state index contributed by atoms with van der Waals surface area (Å²) in [6, 6.07) is 12.9. The molecule has 0 unspecified atom stereocenters. The van der Waals surface area contributed by atoms with Gasteiger partial charge in [-0.15, -0.1) is 0 Å². The van der Waals surface area contributed by atoms with Crippen LogP contribution in [-0.2, 0) is 6.54 Å². The molecule has 0 saturated heterocycles. The summed E-state index contributed by atoms with van der Waals surface area (Å²) >= 11 is 0. The largest absolute Gasteiger partial charge is 0.378 e. The molecule has 0 aliphatic rings. The fourth-order valence-corrected chi connectivity index (χ4v) is 2.16. The van der Waals surface area contributed by atoms with Crippen molar-refractivity contribution in [1.82, 2.24) is 0 Å². The van der Waals surface area contributed by atoms with Gasteiger partial charge >= 0.3 is 0 Å². The van der Waals surface area contributed by atoms with E-state index in [9.17, 15) is 0 Å². The van der Waals surface area contributed by atoms with E-state index >= 15 is 0 Å². The molecule has 0 saturated carbocycles. The van der Waals surface area contributed by atoms with Gasteiger partial charge < -0.3 is 9.80 Å². The van der Waals surface area contributed by atoms with Gasteiger partial charge in [0, 0.05) is 31.9 Å². The van der Waals surface area contributed by atoms with Crippen LogP contribution in [0.15, 0.2) is 48.8 Å². The SMILES string of the molecule is CN(C)c1ccc(/C=C/c2cc[n+](CC[NH+](C)C)cc2)cc1. The predicted molar refractivity (Wildman–Crippen MR) is 94.0 cm³/mol. The fraction of sp³-hybridized carbons (Fsp3) is 0.316. The van der Waals surface area contributed by atoms with Crippen LogP contribution in [0.5, 0.6) is 0 Å². The van der Waals surface area contributed by atoms with Crippen LogP contribution in [0.4, 0.5) is 5.69 Å². The third-order valence-corrected chi connectivity index (χ3v) is 3.66. The zero-order valence-corrected chi connectivity index (χ0v) is 14.1. The number of rotatable bonds is 6. The first-order chi connectivity index (χ1) is 10.5. The van der Waals surface area contributed by atoms with Gasteiger partial charge in [0.1, 0.15) is 6.54 Å². The normalized spacial score (nSPS) is 11.3. The smallest absolute Gasteiger partial charge is 0.196 e. The van der Waals surface area contributed by atoms with Gasteiger partial charge in [0.05, 0.1) is 14.1 Å². The number of aromatic nitrogens is 1. The highest BCUT2D eigenvalue weighted by atomic mass is 15.1. The summed E-state index contributed by atoms with van der Waals surface area (Å²) in [5.74, 6) is 0. The van der Waals surface area contributed by atoms with Gasteiger partial charge in [-0.25, -0.2) is 0 Å². The lowest BCUT2D eigenvalue weighted by Gasteiger charge is -2.11. The highest BCUT2D eigenvalue weighted by Gasteiger charge is 2.02. The Hall–Kier alpha value is -2.13. The monoisotopic (exact) mass is 297 g/mol. The number of quaternary nitrogens is 1. The molecule has 0 bridgehead atoms. The van der Waals surface area contributed by atoms with Gasteiger partial charge in [0.2, 0.25) is 0 Å². The van der Waals surface area contributed by atoms with Crippen LogP contribution in [0.25, 0.3) is 12.2 Å². The first-order valence-electron chi connectivity index (χ1n) is 7.78. The van der Waals surface area contributed by atoms with Crippen molar-refractivity contribution in [2.75, 3.05) is 39.6 Å². The minimum absolute atomic E-state index is 1.05. The highest BCUT2D eigenvalue weighted by molar-refractivity contribution is 5.70. The van der Waals surface area contributed by atoms with E-state index < -0.39 is 0 Å². The third-order valence-electron chi connectivity index (χ3n) is 3.66. The van der Waals surface area contributed by atoms with Crippen LogP contribution in [-0.4, -0.2) is 34.7 Å². The maximum atomic E-state index is 2.23. The maximum absolute atomic E-state index is 2.23. The molecule has 3 heteroatoms. The van der Waals surface area contributed by atoms with Crippen molar-refractivity contribution in [3.63, 3.8) is 0 Å².